The monoisotopic (exact) mass is 225 g/mol. The number of aliphatic hydroxyl groups is 1. The van der Waals surface area contributed by atoms with Gasteiger partial charge in [-0.15, -0.1) is 6.58 Å². The molecule has 88 valence electrons. The van der Waals surface area contributed by atoms with Gasteiger partial charge in [-0.2, -0.15) is 0 Å². The van der Waals surface area contributed by atoms with Gasteiger partial charge < -0.3 is 9.84 Å². The molecule has 0 spiro atoms. The van der Waals surface area contributed by atoms with Gasteiger partial charge in [0.15, 0.2) is 10.7 Å². The summed E-state index contributed by atoms with van der Waals surface area (Å²) in [5.41, 5.74) is -1.16. The number of aliphatic hydroxyl groups excluding tert-OH is 1. The molecule has 0 rings (SSSR count). The summed E-state index contributed by atoms with van der Waals surface area (Å²) < 4.78 is 4.96. The van der Waals surface area contributed by atoms with Crippen LogP contribution in [0.15, 0.2) is 24.1 Å². The Labute approximate surface area is 95.0 Å². The topological polar surface area (TPSA) is 74.7 Å². The minimum absolute atomic E-state index is 0.183. The Morgan fingerprint density at radius 2 is 2.12 bits per heavy atom. The quantitative estimate of drug-likeness (QED) is 0.262. The summed E-state index contributed by atoms with van der Waals surface area (Å²) in [6.45, 7) is 8.52. The Hall–Kier alpha value is -1.83. The molecule has 1 N–H and O–H groups in total. The van der Waals surface area contributed by atoms with Crippen molar-refractivity contribution in [3.05, 3.63) is 29.1 Å². The molecule has 0 aliphatic rings. The minimum atomic E-state index is -0.850. The number of nitrogens with zero attached hydrogens (tertiary/aromatic N) is 2. The molecule has 5 heteroatoms. The first-order valence-electron chi connectivity index (χ1n) is 4.93. The highest BCUT2D eigenvalue weighted by Crippen LogP contribution is 2.16. The fourth-order valence-corrected chi connectivity index (χ4v) is 0.900. The van der Waals surface area contributed by atoms with Crippen molar-refractivity contribution in [2.24, 2.45) is 0 Å². The first kappa shape index (κ1) is 14.2. The number of diazo groups is 1. The Bertz CT molecular complexity index is 345. The van der Waals surface area contributed by atoms with Crippen LogP contribution in [0.2, 0.25) is 0 Å². The highest BCUT2D eigenvalue weighted by Gasteiger charge is 2.33. The zero-order valence-corrected chi connectivity index (χ0v) is 9.86. The van der Waals surface area contributed by atoms with Crippen molar-refractivity contribution in [2.75, 3.05) is 0 Å². The second-order valence-electron chi connectivity index (χ2n) is 4.22. The van der Waals surface area contributed by atoms with E-state index in [1.807, 2.05) is 0 Å². The van der Waals surface area contributed by atoms with Crippen LogP contribution in [0.25, 0.3) is 4.98 Å². The van der Waals surface area contributed by atoms with Crippen LogP contribution in [0, 0.1) is 5.39 Å². The molecule has 0 fully saturated rings. The maximum atomic E-state index is 11.5. The third-order valence-electron chi connectivity index (χ3n) is 1.55. The third-order valence-corrected chi connectivity index (χ3v) is 1.55. The largest absolute Gasteiger partial charge is 0.505 e. The predicted octanol–water partition coefficient (Wildman–Crippen LogP) is 2.92. The van der Waals surface area contributed by atoms with Gasteiger partial charge in [0.1, 0.15) is 5.60 Å². The van der Waals surface area contributed by atoms with Crippen LogP contribution in [0.4, 0.5) is 0 Å². The molecule has 0 unspecified atom stereocenters. The molecule has 0 aromatic heterocycles. The van der Waals surface area contributed by atoms with E-state index in [-0.39, 0.29) is 12.2 Å². The van der Waals surface area contributed by atoms with Gasteiger partial charge in [0.25, 0.3) is 0 Å². The van der Waals surface area contributed by atoms with Crippen molar-refractivity contribution in [1.82, 2.24) is 0 Å². The fraction of sp³-hybridized carbons (Fsp3) is 0.545. The average molecular weight is 225 g/mol. The van der Waals surface area contributed by atoms with Crippen molar-refractivity contribution >= 4 is 5.97 Å². The van der Waals surface area contributed by atoms with Crippen LogP contribution >= 0.6 is 0 Å². The maximum Gasteiger partial charge on any atom is 0.505 e. The second kappa shape index (κ2) is 5.91. The van der Waals surface area contributed by atoms with Crippen molar-refractivity contribution in [3.8, 4) is 0 Å². The molecule has 0 aliphatic heterocycles. The van der Waals surface area contributed by atoms with Gasteiger partial charge in [-0.3, -0.25) is 0 Å². The first-order chi connectivity index (χ1) is 7.31. The van der Waals surface area contributed by atoms with E-state index < -0.39 is 17.3 Å². The van der Waals surface area contributed by atoms with E-state index in [2.05, 4.69) is 11.6 Å². The summed E-state index contributed by atoms with van der Waals surface area (Å²) in [6.07, 6.45) is 2.25. The summed E-state index contributed by atoms with van der Waals surface area (Å²) in [6, 6.07) is 0. The van der Waals surface area contributed by atoms with E-state index in [4.69, 9.17) is 10.1 Å². The highest BCUT2D eigenvalue weighted by atomic mass is 16.6. The molecule has 0 bridgehead atoms. The van der Waals surface area contributed by atoms with Gasteiger partial charge in [0, 0.05) is 6.42 Å². The maximum absolute atomic E-state index is 11.5. The van der Waals surface area contributed by atoms with E-state index >= 15 is 0 Å². The SMILES string of the molecule is C=CCC/C(O)=C(\[N+]#N)C(=O)OC(C)(C)C. The molecule has 0 saturated carbocycles. The molecule has 0 aromatic rings. The highest BCUT2D eigenvalue weighted by molar-refractivity contribution is 5.91. The molecular weight excluding hydrogens is 208 g/mol. The van der Waals surface area contributed by atoms with Crippen LogP contribution in [-0.2, 0) is 9.53 Å². The number of carbonyl (C=O) groups excluding carboxylic acids is 1. The number of allylic oxidation sites excluding steroid dienone is 2. The van der Waals surface area contributed by atoms with Crippen LogP contribution in [0.1, 0.15) is 33.6 Å². The third kappa shape index (κ3) is 5.15. The summed E-state index contributed by atoms with van der Waals surface area (Å²) in [5, 5.41) is 18.1. The van der Waals surface area contributed by atoms with Crippen molar-refractivity contribution in [2.45, 2.75) is 39.2 Å². The summed E-state index contributed by atoms with van der Waals surface area (Å²) in [7, 11) is 0. The lowest BCUT2D eigenvalue weighted by Gasteiger charge is -2.16. The van der Waals surface area contributed by atoms with Gasteiger partial charge >= 0.3 is 11.7 Å². The zero-order chi connectivity index (χ0) is 12.8. The number of hydrogen-bond donors (Lipinski definition) is 1. The van der Waals surface area contributed by atoms with Crippen LogP contribution in [0.3, 0.4) is 0 Å². The second-order valence-corrected chi connectivity index (χ2v) is 4.22. The smallest absolute Gasteiger partial charge is 0.505 e. The average Bonchev–Trinajstić information content (AvgIpc) is 2.12. The summed E-state index contributed by atoms with van der Waals surface area (Å²) >= 11 is 0. The zero-order valence-electron chi connectivity index (χ0n) is 9.86. The number of ether oxygens (including phenoxy) is 1. The molecule has 0 atom stereocenters. The summed E-state index contributed by atoms with van der Waals surface area (Å²) in [4.78, 5) is 14.2. The van der Waals surface area contributed by atoms with Crippen molar-refractivity contribution in [3.63, 3.8) is 0 Å². The number of hydrogen-bond acceptors (Lipinski definition) is 4. The van der Waals surface area contributed by atoms with Gasteiger partial charge in [0.2, 0.25) is 5.39 Å². The summed E-state index contributed by atoms with van der Waals surface area (Å²) in [5.74, 6) is -1.16. The Balaban J connectivity index is 4.80. The molecular formula is C11H17N2O3+. The first-order valence-corrected chi connectivity index (χ1v) is 4.93. The van der Waals surface area contributed by atoms with Crippen LogP contribution in [0.5, 0.6) is 0 Å². The molecule has 0 heterocycles. The van der Waals surface area contributed by atoms with Crippen LogP contribution < -0.4 is 0 Å². The predicted molar refractivity (Wildman–Crippen MR) is 60.0 cm³/mol. The lowest BCUT2D eigenvalue weighted by molar-refractivity contribution is -0.149. The van der Waals surface area contributed by atoms with E-state index in [1.165, 1.54) is 0 Å². The Morgan fingerprint density at radius 1 is 1.56 bits per heavy atom. The Kier molecular flexibility index (Phi) is 5.23. The molecule has 0 radical (unpaired) electrons. The number of esters is 1. The fourth-order valence-electron chi connectivity index (χ4n) is 0.900. The minimum Gasteiger partial charge on any atom is -0.505 e. The van der Waals surface area contributed by atoms with Crippen molar-refractivity contribution in [1.29, 1.82) is 5.39 Å². The van der Waals surface area contributed by atoms with E-state index in [0.29, 0.717) is 6.42 Å². The number of carbonyl (C=O) groups is 1. The van der Waals surface area contributed by atoms with Gasteiger partial charge in [-0.1, -0.05) is 6.08 Å². The molecule has 5 nitrogen and oxygen atoms in total. The normalized spacial score (nSPS) is 12.4. The number of rotatable bonds is 4. The Morgan fingerprint density at radius 3 is 2.50 bits per heavy atom. The molecule has 0 aliphatic carbocycles. The van der Waals surface area contributed by atoms with E-state index in [9.17, 15) is 9.90 Å². The van der Waals surface area contributed by atoms with Gasteiger partial charge in [0.05, 0.1) is 0 Å². The van der Waals surface area contributed by atoms with Gasteiger partial charge in [-0.05, 0) is 27.2 Å². The lowest BCUT2D eigenvalue weighted by Crippen LogP contribution is -2.24. The van der Waals surface area contributed by atoms with Gasteiger partial charge in [-0.25, -0.2) is 4.79 Å². The van der Waals surface area contributed by atoms with Crippen molar-refractivity contribution < 1.29 is 14.6 Å². The van der Waals surface area contributed by atoms with E-state index in [1.54, 1.807) is 26.8 Å². The molecule has 0 aromatic carbocycles. The lowest BCUT2D eigenvalue weighted by atomic mass is 10.2. The van der Waals surface area contributed by atoms with E-state index in [0.717, 1.165) is 0 Å². The molecule has 0 saturated heterocycles. The standard InChI is InChI=1S/C11H16N2O3/c1-5-6-7-8(14)9(13-12)10(15)16-11(2,3)4/h5H,1,6-7H2,2-4H3/p+1. The molecule has 16 heavy (non-hydrogen) atoms. The van der Waals surface area contributed by atoms with Crippen LogP contribution in [-0.4, -0.2) is 16.7 Å². The molecule has 0 amide bonds.